The summed E-state index contributed by atoms with van der Waals surface area (Å²) >= 11 is 0. The molecule has 2 aromatic heterocycles. The second-order valence-corrected chi connectivity index (χ2v) is 9.04. The van der Waals surface area contributed by atoms with Gasteiger partial charge < -0.3 is 14.3 Å². The molecule has 6 nitrogen and oxygen atoms in total. The van der Waals surface area contributed by atoms with Crippen molar-refractivity contribution in [1.82, 2.24) is 9.88 Å². The van der Waals surface area contributed by atoms with Gasteiger partial charge in [-0.05, 0) is 49.2 Å². The van der Waals surface area contributed by atoms with Gasteiger partial charge in [-0.2, -0.15) is 13.2 Å². The van der Waals surface area contributed by atoms with Gasteiger partial charge in [0.25, 0.3) is 0 Å². The molecule has 1 N–H and O–H groups in total. The second-order valence-electron chi connectivity index (χ2n) is 9.04. The van der Waals surface area contributed by atoms with Gasteiger partial charge in [0.2, 0.25) is 11.2 Å². The number of phenols is 1. The Labute approximate surface area is 210 Å². The first-order valence-electron chi connectivity index (χ1n) is 12.0. The fourth-order valence-electron chi connectivity index (χ4n) is 5.09. The Balaban J connectivity index is 1.70. The van der Waals surface area contributed by atoms with E-state index in [0.717, 1.165) is 24.8 Å². The molecule has 1 aliphatic rings. The maximum atomic E-state index is 14.3. The number of benzene rings is 2. The predicted molar refractivity (Wildman–Crippen MR) is 132 cm³/mol. The van der Waals surface area contributed by atoms with Crippen LogP contribution in [0.2, 0.25) is 0 Å². The van der Waals surface area contributed by atoms with Crippen LogP contribution in [0.5, 0.6) is 11.5 Å². The van der Waals surface area contributed by atoms with Crippen molar-refractivity contribution in [3.8, 4) is 22.6 Å². The quantitative estimate of drug-likeness (QED) is 0.339. The number of pyridine rings is 1. The summed E-state index contributed by atoms with van der Waals surface area (Å²) in [6.07, 6.45) is 1.22. The average Bonchev–Trinajstić information content (AvgIpc) is 2.90. The van der Waals surface area contributed by atoms with Crippen molar-refractivity contribution >= 4 is 11.0 Å². The van der Waals surface area contributed by atoms with Crippen LogP contribution in [0.1, 0.15) is 42.2 Å². The molecule has 1 aliphatic heterocycles. The van der Waals surface area contributed by atoms with E-state index in [2.05, 4.69) is 9.88 Å². The molecule has 0 radical (unpaired) electrons. The number of methoxy groups -OCH3 is 1. The van der Waals surface area contributed by atoms with Crippen LogP contribution in [0.15, 0.2) is 70.1 Å². The van der Waals surface area contributed by atoms with Gasteiger partial charge in [0.1, 0.15) is 17.1 Å². The predicted octanol–water partition coefficient (Wildman–Crippen LogP) is 6.32. The topological polar surface area (TPSA) is 75.8 Å². The van der Waals surface area contributed by atoms with Crippen LogP contribution in [-0.2, 0) is 12.7 Å². The highest BCUT2D eigenvalue weighted by molar-refractivity contribution is 5.88. The molecule has 192 valence electrons. The summed E-state index contributed by atoms with van der Waals surface area (Å²) in [5.74, 6) is -1.54. The number of phenolic OH excluding ortho intramolecular Hbond substituents is 1. The first-order valence-corrected chi connectivity index (χ1v) is 12.0. The van der Waals surface area contributed by atoms with Gasteiger partial charge in [-0.25, -0.2) is 0 Å². The van der Waals surface area contributed by atoms with Gasteiger partial charge >= 0.3 is 6.18 Å². The Bertz CT molecular complexity index is 1490. The van der Waals surface area contributed by atoms with E-state index in [1.807, 2.05) is 12.1 Å². The van der Waals surface area contributed by atoms with Crippen LogP contribution in [0.25, 0.3) is 22.1 Å². The Morgan fingerprint density at radius 1 is 1.14 bits per heavy atom. The number of likely N-dealkylation sites (tertiary alicyclic amines) is 1. The summed E-state index contributed by atoms with van der Waals surface area (Å²) in [4.78, 5) is 19.9. The van der Waals surface area contributed by atoms with E-state index < -0.39 is 22.9 Å². The number of aromatic nitrogens is 1. The third kappa shape index (κ3) is 4.67. The van der Waals surface area contributed by atoms with Crippen molar-refractivity contribution in [1.29, 1.82) is 0 Å². The van der Waals surface area contributed by atoms with Gasteiger partial charge in [-0.3, -0.25) is 14.7 Å². The Kier molecular flexibility index (Phi) is 6.64. The minimum atomic E-state index is -4.96. The number of aromatic hydroxyl groups is 1. The molecule has 0 bridgehead atoms. The fraction of sp³-hybridized carbons (Fsp3) is 0.286. The first-order chi connectivity index (χ1) is 17.8. The lowest BCUT2D eigenvalue weighted by Crippen LogP contribution is -2.33. The summed E-state index contributed by atoms with van der Waals surface area (Å²) in [6.45, 7) is 0.780. The summed E-state index contributed by atoms with van der Waals surface area (Å²) in [5, 5.41) is 10.7. The molecule has 0 saturated carbocycles. The van der Waals surface area contributed by atoms with Crippen LogP contribution in [0.4, 0.5) is 13.2 Å². The molecular formula is C28H25F3N2O4. The lowest BCUT2D eigenvalue weighted by molar-refractivity contribution is -0.152. The Morgan fingerprint density at radius 2 is 1.95 bits per heavy atom. The van der Waals surface area contributed by atoms with Gasteiger partial charge in [0.05, 0.1) is 23.6 Å². The van der Waals surface area contributed by atoms with E-state index in [4.69, 9.17) is 9.15 Å². The van der Waals surface area contributed by atoms with Crippen molar-refractivity contribution in [2.75, 3.05) is 13.7 Å². The largest absolute Gasteiger partial charge is 0.507 e. The third-order valence-electron chi connectivity index (χ3n) is 6.82. The SMILES string of the molecule is COc1ccccc1-c1c(C(F)(F)F)oc2c(CN3CCCC[C@H]3c3cccnc3)c(O)ccc2c1=O. The van der Waals surface area contributed by atoms with E-state index in [0.29, 0.717) is 6.54 Å². The summed E-state index contributed by atoms with van der Waals surface area (Å²) in [6, 6.07) is 12.4. The zero-order chi connectivity index (χ0) is 26.2. The standard InChI is InChI=1S/C28H25F3N2O4/c1-36-23-10-3-2-8-18(23)24-25(35)19-11-12-22(34)20(26(19)37-27(24)28(29,30)31)16-33-14-5-4-9-21(33)17-7-6-13-32-15-17/h2-3,6-8,10-13,15,21,34H,4-5,9,14,16H2,1H3/t21-/m0/s1. The van der Waals surface area contributed by atoms with Crippen molar-refractivity contribution in [2.45, 2.75) is 38.0 Å². The summed E-state index contributed by atoms with van der Waals surface area (Å²) in [5.41, 5.74) is -0.635. The maximum Gasteiger partial charge on any atom is 0.450 e. The van der Waals surface area contributed by atoms with Gasteiger partial charge in [-0.15, -0.1) is 0 Å². The zero-order valence-corrected chi connectivity index (χ0v) is 20.1. The number of hydrogen-bond donors (Lipinski definition) is 1. The van der Waals surface area contributed by atoms with Crippen molar-refractivity contribution in [2.24, 2.45) is 0 Å². The van der Waals surface area contributed by atoms with Gasteiger partial charge in [-0.1, -0.05) is 30.7 Å². The average molecular weight is 511 g/mol. The van der Waals surface area contributed by atoms with E-state index >= 15 is 0 Å². The lowest BCUT2D eigenvalue weighted by Gasteiger charge is -2.36. The summed E-state index contributed by atoms with van der Waals surface area (Å²) in [7, 11) is 1.32. The lowest BCUT2D eigenvalue weighted by atomic mass is 9.95. The maximum absolute atomic E-state index is 14.3. The Morgan fingerprint density at radius 3 is 2.68 bits per heavy atom. The number of nitrogens with zero attached hydrogens (tertiary/aromatic N) is 2. The van der Waals surface area contributed by atoms with Gasteiger partial charge in [0, 0.05) is 30.5 Å². The highest BCUT2D eigenvalue weighted by atomic mass is 19.4. The monoisotopic (exact) mass is 510 g/mol. The van der Waals surface area contributed by atoms with Crippen LogP contribution in [-0.4, -0.2) is 28.6 Å². The highest BCUT2D eigenvalue weighted by Gasteiger charge is 2.40. The first kappa shape index (κ1) is 24.8. The molecular weight excluding hydrogens is 485 g/mol. The number of piperidine rings is 1. The number of rotatable bonds is 5. The normalized spacial score (nSPS) is 16.7. The highest BCUT2D eigenvalue weighted by Crippen LogP contribution is 2.42. The second kappa shape index (κ2) is 9.89. The van der Waals surface area contributed by atoms with Crippen molar-refractivity contribution < 1.29 is 27.4 Å². The molecule has 9 heteroatoms. The minimum Gasteiger partial charge on any atom is -0.507 e. The number of ether oxygens (including phenoxy) is 1. The molecule has 4 aromatic rings. The summed E-state index contributed by atoms with van der Waals surface area (Å²) < 4.78 is 53.6. The molecule has 0 spiro atoms. The fourth-order valence-corrected chi connectivity index (χ4v) is 5.09. The molecule has 0 amide bonds. The number of para-hydroxylation sites is 1. The van der Waals surface area contributed by atoms with Crippen LogP contribution < -0.4 is 10.2 Å². The minimum absolute atomic E-state index is 0.0183. The zero-order valence-electron chi connectivity index (χ0n) is 20.1. The molecule has 2 aromatic carbocycles. The molecule has 1 atom stereocenters. The number of fused-ring (bicyclic) bond motifs is 1. The molecule has 1 saturated heterocycles. The van der Waals surface area contributed by atoms with E-state index in [1.54, 1.807) is 18.5 Å². The molecule has 0 unspecified atom stereocenters. The smallest absolute Gasteiger partial charge is 0.450 e. The molecule has 37 heavy (non-hydrogen) atoms. The van der Waals surface area contributed by atoms with E-state index in [9.17, 15) is 23.1 Å². The molecule has 5 rings (SSSR count). The molecule has 1 fully saturated rings. The number of hydrogen-bond acceptors (Lipinski definition) is 6. The van der Waals surface area contributed by atoms with E-state index in [-0.39, 0.29) is 46.2 Å². The van der Waals surface area contributed by atoms with Crippen LogP contribution in [0.3, 0.4) is 0 Å². The Hall–Kier alpha value is -3.85. The van der Waals surface area contributed by atoms with Crippen LogP contribution >= 0.6 is 0 Å². The molecule has 3 heterocycles. The van der Waals surface area contributed by atoms with Crippen molar-refractivity contribution in [3.05, 3.63) is 88.0 Å². The van der Waals surface area contributed by atoms with Crippen molar-refractivity contribution in [3.63, 3.8) is 0 Å². The van der Waals surface area contributed by atoms with Crippen LogP contribution in [0, 0.1) is 0 Å². The number of alkyl halides is 3. The third-order valence-corrected chi connectivity index (χ3v) is 6.82. The van der Waals surface area contributed by atoms with E-state index in [1.165, 1.54) is 37.4 Å². The molecule has 0 aliphatic carbocycles. The number of halogens is 3. The van der Waals surface area contributed by atoms with Gasteiger partial charge in [0.15, 0.2) is 0 Å².